The lowest BCUT2D eigenvalue weighted by Crippen LogP contribution is -2.59. The summed E-state index contributed by atoms with van der Waals surface area (Å²) in [7, 11) is 0. The maximum absolute atomic E-state index is 14.8. The Labute approximate surface area is 425 Å². The summed E-state index contributed by atoms with van der Waals surface area (Å²) >= 11 is 0. The fourth-order valence-corrected chi connectivity index (χ4v) is 7.13. The van der Waals surface area contributed by atoms with Crippen LogP contribution in [0, 0.1) is 0 Å². The van der Waals surface area contributed by atoms with E-state index in [2.05, 4.69) is 47.5 Å². The van der Waals surface area contributed by atoms with Crippen LogP contribution in [0.4, 0.5) is 0 Å². The van der Waals surface area contributed by atoms with Crippen molar-refractivity contribution in [2.24, 2.45) is 22.2 Å². The van der Waals surface area contributed by atoms with Crippen molar-refractivity contribution >= 4 is 70.6 Å². The SMILES string of the molecule is C[C@@H]1NC(=O)[C@H](C)NC(=O)[C@@H](NC(=O)[C@@H](N)Cc2ccc(O)cc2)CC(=O)N=C(CNC(=O)[C@@H](N)Cc2ccc(O)cc2)C(=O)[C@H](Cc2ccccc2)NC(=O)[C@H](C)NC(=O)[C@H](CC(N)=O)NC(=O)[C@H](C)NC1=O. The quantitative estimate of drug-likeness (QED) is 0.0781. The molecule has 0 aliphatic carbocycles. The summed E-state index contributed by atoms with van der Waals surface area (Å²) in [4.78, 5) is 153. The summed E-state index contributed by atoms with van der Waals surface area (Å²) in [5.41, 5.74) is 18.6. The van der Waals surface area contributed by atoms with Gasteiger partial charge in [-0.25, -0.2) is 4.99 Å². The lowest BCUT2D eigenvalue weighted by molar-refractivity contribution is -0.136. The predicted molar refractivity (Wildman–Crippen MR) is 265 cm³/mol. The van der Waals surface area contributed by atoms with Crippen LogP contribution in [0.15, 0.2) is 83.9 Å². The minimum Gasteiger partial charge on any atom is -0.508 e. The van der Waals surface area contributed by atoms with Gasteiger partial charge in [-0.2, -0.15) is 0 Å². The number of nitrogens with one attached hydrogen (secondary N) is 8. The molecule has 1 aliphatic rings. The zero-order chi connectivity index (χ0) is 54.8. The molecule has 25 heteroatoms. The molecule has 0 saturated heterocycles. The molecule has 3 aromatic carbocycles. The third-order valence-corrected chi connectivity index (χ3v) is 11.4. The van der Waals surface area contributed by atoms with Gasteiger partial charge in [-0.05, 0) is 81.5 Å². The summed E-state index contributed by atoms with van der Waals surface area (Å²) < 4.78 is 0. The van der Waals surface area contributed by atoms with Crippen LogP contribution in [0.5, 0.6) is 11.5 Å². The molecule has 4 rings (SSSR count). The number of benzene rings is 3. The number of nitrogens with two attached hydrogens (primary N) is 3. The number of Topliss-reactive ketones (excluding diaryl/α,β-unsaturated/α-hetero) is 1. The Kier molecular flexibility index (Phi) is 21.4. The number of rotatable bonds is 13. The van der Waals surface area contributed by atoms with Crippen molar-refractivity contribution in [3.8, 4) is 11.5 Å². The van der Waals surface area contributed by atoms with E-state index in [1.165, 1.54) is 76.2 Å². The summed E-state index contributed by atoms with van der Waals surface area (Å²) in [5.74, 6) is -11.2. The minimum absolute atomic E-state index is 0.0349. The fraction of sp³-hybridized carbons (Fsp3) is 0.388. The Morgan fingerprint density at radius 3 is 1.50 bits per heavy atom. The fourth-order valence-electron chi connectivity index (χ4n) is 7.13. The highest BCUT2D eigenvalue weighted by atomic mass is 16.3. The number of aromatic hydroxyl groups is 2. The second-order valence-electron chi connectivity index (χ2n) is 17.7. The molecule has 9 atom stereocenters. The summed E-state index contributed by atoms with van der Waals surface area (Å²) in [6.07, 6.45) is -2.17. The molecule has 0 fully saturated rings. The summed E-state index contributed by atoms with van der Waals surface area (Å²) in [6, 6.07) is 6.29. The monoisotopic (exact) mass is 1030 g/mol. The van der Waals surface area contributed by atoms with Crippen molar-refractivity contribution in [1.29, 1.82) is 0 Å². The first-order valence-electron chi connectivity index (χ1n) is 23.3. The van der Waals surface area contributed by atoms with Crippen LogP contribution in [0.25, 0.3) is 0 Å². The first-order valence-corrected chi connectivity index (χ1v) is 23.3. The zero-order valence-corrected chi connectivity index (χ0v) is 41.0. The molecule has 1 aliphatic heterocycles. The van der Waals surface area contributed by atoms with Crippen LogP contribution in [0.2, 0.25) is 0 Å². The number of primary amides is 1. The predicted octanol–water partition coefficient (Wildman–Crippen LogP) is -3.81. The molecule has 3 aromatic rings. The molecule has 0 saturated carbocycles. The number of carbonyl (C=O) groups excluding carboxylic acids is 11. The van der Waals surface area contributed by atoms with E-state index < -0.39 is 144 Å². The molecule has 396 valence electrons. The summed E-state index contributed by atoms with van der Waals surface area (Å²) in [5, 5.41) is 38.5. The molecular formula is C49H62N12O13. The number of phenols is 2. The van der Waals surface area contributed by atoms with Gasteiger partial charge < -0.3 is 69.9 Å². The average molecular weight is 1030 g/mol. The number of phenolic OH excluding ortho intramolecular Hbond substituents is 2. The molecular weight excluding hydrogens is 965 g/mol. The first kappa shape index (κ1) is 58.0. The van der Waals surface area contributed by atoms with Crippen molar-refractivity contribution in [3.05, 3.63) is 95.6 Å². The number of nitrogens with zero attached hydrogens (tertiary/aromatic N) is 1. The third kappa shape index (κ3) is 18.2. The highest BCUT2D eigenvalue weighted by Gasteiger charge is 2.34. The van der Waals surface area contributed by atoms with E-state index in [9.17, 15) is 63.0 Å². The smallest absolute Gasteiger partial charge is 0.248 e. The van der Waals surface area contributed by atoms with Gasteiger partial charge in [0, 0.05) is 6.42 Å². The number of hydrogen-bond donors (Lipinski definition) is 13. The van der Waals surface area contributed by atoms with Gasteiger partial charge >= 0.3 is 0 Å². The average Bonchev–Trinajstić information content (AvgIpc) is 3.35. The van der Waals surface area contributed by atoms with Crippen LogP contribution >= 0.6 is 0 Å². The van der Waals surface area contributed by atoms with Gasteiger partial charge in [-0.3, -0.25) is 52.7 Å². The van der Waals surface area contributed by atoms with E-state index in [0.29, 0.717) is 16.7 Å². The molecule has 0 bridgehead atoms. The van der Waals surface area contributed by atoms with Crippen LogP contribution in [-0.4, -0.2) is 142 Å². The second kappa shape index (κ2) is 27.3. The van der Waals surface area contributed by atoms with Crippen LogP contribution < -0.4 is 59.7 Å². The molecule has 0 unspecified atom stereocenters. The lowest BCUT2D eigenvalue weighted by atomic mass is 9.98. The Balaban J connectivity index is 1.79. The minimum atomic E-state index is -1.85. The highest BCUT2D eigenvalue weighted by Crippen LogP contribution is 2.13. The third-order valence-electron chi connectivity index (χ3n) is 11.4. The molecule has 0 aromatic heterocycles. The van der Waals surface area contributed by atoms with Gasteiger partial charge in [0.2, 0.25) is 64.9 Å². The van der Waals surface area contributed by atoms with Gasteiger partial charge in [0.25, 0.3) is 0 Å². The molecule has 0 radical (unpaired) electrons. The van der Waals surface area contributed by atoms with Crippen molar-refractivity contribution < 1.29 is 63.0 Å². The number of amides is 10. The first-order chi connectivity index (χ1) is 34.9. The highest BCUT2D eigenvalue weighted by molar-refractivity contribution is 6.44. The second-order valence-corrected chi connectivity index (χ2v) is 17.7. The standard InChI is InChI=1S/C49H62N12O13/c1-24-42(67)55-26(3)45(70)60-36(21-39(52)64)48(73)57-27(4)44(69)59-35(20-28-8-6-5-7-9-28)41(66)38(23-53-46(71)33(50)18-29-10-14-31(62)15-11-29)58-40(65)22-37(49(74)56-25(2)43(68)54-24)61-47(72)34(51)19-30-12-16-32(63)17-13-30/h5-17,24-27,33-37,62-63H,18-23,50-51H2,1-4H3,(H2,52,64)(H,53,71)(H,54,68)(H,55,67)(H,56,74)(H,57,73)(H,59,69)(H,60,70)(H,61,72)/t24-,25-,26-,27-,33-,34-,35-,36-,37-/m0/s1. The van der Waals surface area contributed by atoms with E-state index >= 15 is 0 Å². The van der Waals surface area contributed by atoms with Crippen LogP contribution in [-0.2, 0) is 72.0 Å². The van der Waals surface area contributed by atoms with E-state index in [-0.39, 0.29) is 30.8 Å². The number of aliphatic imine (C=N–C) groups is 1. The van der Waals surface area contributed by atoms with E-state index in [4.69, 9.17) is 17.2 Å². The normalized spacial score (nSPS) is 22.9. The Hall–Kier alpha value is -8.58. The largest absolute Gasteiger partial charge is 0.508 e. The van der Waals surface area contributed by atoms with Gasteiger partial charge in [0.05, 0.1) is 37.5 Å². The number of ketones is 1. The van der Waals surface area contributed by atoms with Crippen molar-refractivity contribution in [3.63, 3.8) is 0 Å². The van der Waals surface area contributed by atoms with Crippen LogP contribution in [0.1, 0.15) is 57.2 Å². The van der Waals surface area contributed by atoms with Gasteiger partial charge in [0.1, 0.15) is 53.5 Å². The maximum Gasteiger partial charge on any atom is 0.248 e. The molecule has 74 heavy (non-hydrogen) atoms. The Morgan fingerprint density at radius 1 is 0.581 bits per heavy atom. The molecule has 1 heterocycles. The van der Waals surface area contributed by atoms with Crippen LogP contribution in [0.3, 0.4) is 0 Å². The Bertz CT molecular complexity index is 2600. The van der Waals surface area contributed by atoms with E-state index in [0.717, 1.165) is 0 Å². The molecule has 25 nitrogen and oxygen atoms in total. The number of hydrogen-bond acceptors (Lipinski definition) is 15. The maximum atomic E-state index is 14.8. The molecule has 0 spiro atoms. The topological polar surface area (TPSA) is 415 Å². The van der Waals surface area contributed by atoms with Gasteiger partial charge in [-0.1, -0.05) is 54.6 Å². The van der Waals surface area contributed by atoms with E-state index in [1.807, 2.05) is 0 Å². The van der Waals surface area contributed by atoms with Crippen molar-refractivity contribution in [1.82, 2.24) is 42.5 Å². The summed E-state index contributed by atoms with van der Waals surface area (Å²) in [6.45, 7) is 4.11. The van der Waals surface area contributed by atoms with Crippen molar-refractivity contribution in [2.75, 3.05) is 6.54 Å². The number of carbonyl (C=O) groups is 11. The molecule has 16 N–H and O–H groups in total. The molecule has 10 amide bonds. The van der Waals surface area contributed by atoms with E-state index in [1.54, 1.807) is 30.3 Å². The van der Waals surface area contributed by atoms with Crippen molar-refractivity contribution in [2.45, 2.75) is 114 Å². The van der Waals surface area contributed by atoms with Gasteiger partial charge in [-0.15, -0.1) is 0 Å². The Morgan fingerprint density at radius 2 is 1.01 bits per heavy atom. The zero-order valence-electron chi connectivity index (χ0n) is 41.0. The lowest BCUT2D eigenvalue weighted by Gasteiger charge is -2.25. The van der Waals surface area contributed by atoms with Gasteiger partial charge in [0.15, 0.2) is 0 Å².